The Morgan fingerprint density at radius 1 is 1.36 bits per heavy atom. The van der Waals surface area contributed by atoms with Crippen molar-refractivity contribution in [2.45, 2.75) is 33.1 Å². The second-order valence-corrected chi connectivity index (χ2v) is 8.40. The van der Waals surface area contributed by atoms with Gasteiger partial charge in [0.05, 0.1) is 19.8 Å². The van der Waals surface area contributed by atoms with Crippen molar-refractivity contribution < 1.29 is 4.74 Å². The molecule has 1 saturated heterocycles. The van der Waals surface area contributed by atoms with Crippen molar-refractivity contribution in [3.05, 3.63) is 22.4 Å². The van der Waals surface area contributed by atoms with Crippen LogP contribution in [-0.2, 0) is 10.2 Å². The summed E-state index contributed by atoms with van der Waals surface area (Å²) < 4.78 is 5.42. The molecule has 6 heteroatoms. The quantitative estimate of drug-likeness (QED) is 0.548. The fraction of sp³-hybridized carbons (Fsp3) is 0.737. The number of morpholine rings is 1. The molecule has 1 atom stereocenters. The summed E-state index contributed by atoms with van der Waals surface area (Å²) >= 11 is 1.81. The Bertz CT molecular complexity index is 510. The maximum Gasteiger partial charge on any atom is 0.191 e. The van der Waals surface area contributed by atoms with Crippen LogP contribution >= 0.6 is 11.3 Å². The second-order valence-electron chi connectivity index (χ2n) is 7.46. The molecule has 0 saturated carbocycles. The van der Waals surface area contributed by atoms with E-state index in [0.717, 1.165) is 58.4 Å². The van der Waals surface area contributed by atoms with Crippen LogP contribution in [-0.4, -0.2) is 63.3 Å². The molecule has 1 fully saturated rings. The summed E-state index contributed by atoms with van der Waals surface area (Å²) in [6, 6.07) is 4.31. The van der Waals surface area contributed by atoms with E-state index in [4.69, 9.17) is 9.73 Å². The maximum absolute atomic E-state index is 5.42. The van der Waals surface area contributed by atoms with Crippen molar-refractivity contribution in [1.29, 1.82) is 0 Å². The Balaban J connectivity index is 1.82. The molecule has 2 heterocycles. The highest BCUT2D eigenvalue weighted by molar-refractivity contribution is 7.10. The van der Waals surface area contributed by atoms with Crippen molar-refractivity contribution in [2.24, 2.45) is 10.9 Å². The molecule has 1 aliphatic heterocycles. The molecular weight excluding hydrogens is 332 g/mol. The molecule has 0 aliphatic carbocycles. The molecule has 0 bridgehead atoms. The number of hydrogen-bond acceptors (Lipinski definition) is 4. The molecule has 2 N–H and O–H groups in total. The predicted molar refractivity (Wildman–Crippen MR) is 108 cm³/mol. The molecule has 1 aromatic heterocycles. The van der Waals surface area contributed by atoms with E-state index in [-0.39, 0.29) is 5.41 Å². The number of guanidine groups is 1. The van der Waals surface area contributed by atoms with Crippen LogP contribution in [0.3, 0.4) is 0 Å². The first-order chi connectivity index (χ1) is 12.0. The van der Waals surface area contributed by atoms with Gasteiger partial charge in [0, 0.05) is 43.0 Å². The summed E-state index contributed by atoms with van der Waals surface area (Å²) in [5, 5.41) is 9.02. The Labute approximate surface area is 156 Å². The molecule has 2 rings (SSSR count). The van der Waals surface area contributed by atoms with Crippen LogP contribution in [0.4, 0.5) is 0 Å². The van der Waals surface area contributed by atoms with E-state index in [2.05, 4.69) is 60.7 Å². The Morgan fingerprint density at radius 2 is 2.12 bits per heavy atom. The monoisotopic (exact) mass is 366 g/mol. The molecule has 0 radical (unpaired) electrons. The number of ether oxygens (including phenoxy) is 1. The largest absolute Gasteiger partial charge is 0.379 e. The third-order valence-electron chi connectivity index (χ3n) is 4.46. The summed E-state index contributed by atoms with van der Waals surface area (Å²) in [6.45, 7) is 16.4. The lowest BCUT2D eigenvalue weighted by atomic mass is 9.92. The molecule has 0 amide bonds. The van der Waals surface area contributed by atoms with Crippen molar-refractivity contribution in [2.75, 3.05) is 52.5 Å². The third kappa shape index (κ3) is 6.96. The Kier molecular flexibility index (Phi) is 8.19. The number of hydrogen-bond donors (Lipinski definition) is 2. The highest BCUT2D eigenvalue weighted by Crippen LogP contribution is 2.27. The van der Waals surface area contributed by atoms with Gasteiger partial charge in [0.1, 0.15) is 0 Å². The first kappa shape index (κ1) is 20.2. The SMILES string of the molecule is CCNC(=NCC(C)(C)c1cccs1)NCC(C)CN1CCOCC1. The molecular formula is C19H34N4OS. The number of thiophene rings is 1. The van der Waals surface area contributed by atoms with Gasteiger partial charge in [0.25, 0.3) is 0 Å². The van der Waals surface area contributed by atoms with Crippen LogP contribution in [0.5, 0.6) is 0 Å². The molecule has 0 spiro atoms. The third-order valence-corrected chi connectivity index (χ3v) is 5.69. The molecule has 1 aromatic rings. The average molecular weight is 367 g/mol. The summed E-state index contributed by atoms with van der Waals surface area (Å²) in [6.07, 6.45) is 0. The average Bonchev–Trinajstić information content (AvgIpc) is 3.14. The highest BCUT2D eigenvalue weighted by atomic mass is 32.1. The predicted octanol–water partition coefficient (Wildman–Crippen LogP) is 2.55. The van der Waals surface area contributed by atoms with Crippen molar-refractivity contribution >= 4 is 17.3 Å². The topological polar surface area (TPSA) is 48.9 Å². The summed E-state index contributed by atoms with van der Waals surface area (Å²) in [5.74, 6) is 1.49. The van der Waals surface area contributed by atoms with Gasteiger partial charge in [-0.15, -0.1) is 11.3 Å². The van der Waals surface area contributed by atoms with Crippen LogP contribution < -0.4 is 10.6 Å². The van der Waals surface area contributed by atoms with Crippen molar-refractivity contribution in [3.63, 3.8) is 0 Å². The minimum absolute atomic E-state index is 0.0654. The zero-order valence-electron chi connectivity index (χ0n) is 16.2. The first-order valence-electron chi connectivity index (χ1n) is 9.37. The van der Waals surface area contributed by atoms with E-state index >= 15 is 0 Å². The van der Waals surface area contributed by atoms with Gasteiger partial charge in [0.15, 0.2) is 5.96 Å². The summed E-state index contributed by atoms with van der Waals surface area (Å²) in [5.41, 5.74) is 0.0654. The standard InChI is InChI=1S/C19H34N4OS/c1-5-20-18(22-15-19(3,4)17-7-6-12-25-17)21-13-16(2)14-23-8-10-24-11-9-23/h6-7,12,16H,5,8-11,13-15H2,1-4H3,(H2,20,21,22). The van der Waals surface area contributed by atoms with Gasteiger partial charge < -0.3 is 15.4 Å². The van der Waals surface area contributed by atoms with Gasteiger partial charge in [-0.2, -0.15) is 0 Å². The summed E-state index contributed by atoms with van der Waals surface area (Å²) in [7, 11) is 0. The molecule has 5 nitrogen and oxygen atoms in total. The van der Waals surface area contributed by atoms with E-state index in [1.165, 1.54) is 4.88 Å². The lowest BCUT2D eigenvalue weighted by Crippen LogP contribution is -2.44. The molecule has 0 aromatic carbocycles. The molecule has 1 aliphatic rings. The van der Waals surface area contributed by atoms with Gasteiger partial charge in [-0.25, -0.2) is 0 Å². The van der Waals surface area contributed by atoms with E-state index in [0.29, 0.717) is 5.92 Å². The van der Waals surface area contributed by atoms with Gasteiger partial charge in [0.2, 0.25) is 0 Å². The maximum atomic E-state index is 5.42. The number of nitrogens with zero attached hydrogens (tertiary/aromatic N) is 2. The molecule has 142 valence electrons. The van der Waals surface area contributed by atoms with Crippen LogP contribution in [0.15, 0.2) is 22.5 Å². The fourth-order valence-electron chi connectivity index (χ4n) is 2.92. The van der Waals surface area contributed by atoms with Crippen LogP contribution in [0.25, 0.3) is 0 Å². The van der Waals surface area contributed by atoms with E-state index in [1.807, 2.05) is 0 Å². The number of aliphatic imine (C=N–C) groups is 1. The van der Waals surface area contributed by atoms with Gasteiger partial charge >= 0.3 is 0 Å². The minimum Gasteiger partial charge on any atom is -0.379 e. The number of nitrogens with one attached hydrogen (secondary N) is 2. The van der Waals surface area contributed by atoms with Gasteiger partial charge in [-0.1, -0.05) is 26.8 Å². The first-order valence-corrected chi connectivity index (χ1v) is 10.3. The highest BCUT2D eigenvalue weighted by Gasteiger charge is 2.21. The minimum atomic E-state index is 0.0654. The number of rotatable bonds is 8. The van der Waals surface area contributed by atoms with E-state index in [1.54, 1.807) is 11.3 Å². The smallest absolute Gasteiger partial charge is 0.191 e. The molecule has 1 unspecified atom stereocenters. The van der Waals surface area contributed by atoms with E-state index in [9.17, 15) is 0 Å². The summed E-state index contributed by atoms with van der Waals surface area (Å²) in [4.78, 5) is 8.70. The lowest BCUT2D eigenvalue weighted by Gasteiger charge is -2.29. The lowest BCUT2D eigenvalue weighted by molar-refractivity contribution is 0.0320. The van der Waals surface area contributed by atoms with E-state index < -0.39 is 0 Å². The van der Waals surface area contributed by atoms with Crippen LogP contribution in [0.1, 0.15) is 32.6 Å². The second kappa shape index (κ2) is 10.1. The van der Waals surface area contributed by atoms with Gasteiger partial charge in [-0.05, 0) is 24.3 Å². The molecule has 25 heavy (non-hydrogen) atoms. The van der Waals surface area contributed by atoms with Crippen molar-refractivity contribution in [3.8, 4) is 0 Å². The normalized spacial score (nSPS) is 18.2. The zero-order chi connectivity index (χ0) is 18.1. The van der Waals surface area contributed by atoms with Crippen LogP contribution in [0.2, 0.25) is 0 Å². The van der Waals surface area contributed by atoms with Crippen molar-refractivity contribution in [1.82, 2.24) is 15.5 Å². The fourth-order valence-corrected chi connectivity index (χ4v) is 3.76. The Morgan fingerprint density at radius 3 is 2.76 bits per heavy atom. The Hall–Kier alpha value is -1.11. The van der Waals surface area contributed by atoms with Gasteiger partial charge in [-0.3, -0.25) is 9.89 Å². The zero-order valence-corrected chi connectivity index (χ0v) is 17.0. The van der Waals surface area contributed by atoms with Crippen LogP contribution in [0, 0.1) is 5.92 Å².